The van der Waals surface area contributed by atoms with Gasteiger partial charge in [-0.2, -0.15) is 0 Å². The Kier molecular flexibility index (Phi) is 12.5. The van der Waals surface area contributed by atoms with Gasteiger partial charge in [0.15, 0.2) is 0 Å². The summed E-state index contributed by atoms with van der Waals surface area (Å²) >= 11 is 0. The molecule has 1 aliphatic heterocycles. The molecule has 0 spiro atoms. The molecule has 2 N–H and O–H groups in total. The van der Waals surface area contributed by atoms with E-state index in [1.807, 2.05) is 64.4 Å². The van der Waals surface area contributed by atoms with Crippen LogP contribution in [0, 0.1) is 5.92 Å². The first-order valence-electron chi connectivity index (χ1n) is 16.2. The van der Waals surface area contributed by atoms with Crippen LogP contribution in [0.2, 0.25) is 25.7 Å². The van der Waals surface area contributed by atoms with Gasteiger partial charge in [0.25, 0.3) is 0 Å². The van der Waals surface area contributed by atoms with Gasteiger partial charge in [-0.25, -0.2) is 14.6 Å². The van der Waals surface area contributed by atoms with Crippen LogP contribution in [-0.4, -0.2) is 60.7 Å². The highest BCUT2D eigenvalue weighted by atomic mass is 28.3. The number of esters is 1. The number of aromatic nitrogens is 2. The van der Waals surface area contributed by atoms with Gasteiger partial charge in [0.1, 0.15) is 23.8 Å². The van der Waals surface area contributed by atoms with Gasteiger partial charge in [-0.05, 0) is 84.5 Å². The minimum absolute atomic E-state index is 0.271. The number of hydrogen-bond donors (Lipinski definition) is 2. The Morgan fingerprint density at radius 3 is 2.28 bits per heavy atom. The molecule has 0 radical (unpaired) electrons. The first-order valence-corrected chi connectivity index (χ1v) is 19.9. The molecule has 2 aromatic rings. The van der Waals surface area contributed by atoms with Crippen molar-refractivity contribution in [3.63, 3.8) is 0 Å². The number of benzene rings is 1. The molecule has 3 rings (SSSR count). The fourth-order valence-electron chi connectivity index (χ4n) is 5.15. The molecule has 2 amide bonds. The van der Waals surface area contributed by atoms with E-state index in [1.165, 1.54) is 7.11 Å². The zero-order valence-corrected chi connectivity index (χ0v) is 30.4. The van der Waals surface area contributed by atoms with Crippen LogP contribution in [0.4, 0.5) is 15.3 Å². The van der Waals surface area contributed by atoms with E-state index in [0.717, 1.165) is 30.0 Å². The van der Waals surface area contributed by atoms with E-state index in [4.69, 9.17) is 23.9 Å². The van der Waals surface area contributed by atoms with Crippen LogP contribution >= 0.6 is 0 Å². The molecule has 2 heterocycles. The van der Waals surface area contributed by atoms with Crippen LogP contribution in [-0.2, 0) is 36.9 Å². The summed E-state index contributed by atoms with van der Waals surface area (Å²) in [6.45, 7) is 18.9. The van der Waals surface area contributed by atoms with Crippen LogP contribution in [0.3, 0.4) is 0 Å². The molecule has 0 aliphatic carbocycles. The maximum absolute atomic E-state index is 13.5. The molecule has 0 fully saturated rings. The highest BCUT2D eigenvalue weighted by Gasteiger charge is 2.30. The Balaban J connectivity index is 2.11. The Morgan fingerprint density at radius 1 is 0.978 bits per heavy atom. The van der Waals surface area contributed by atoms with Crippen LogP contribution in [0.15, 0.2) is 24.4 Å². The molecule has 11 nitrogen and oxygen atoms in total. The molecule has 46 heavy (non-hydrogen) atoms. The van der Waals surface area contributed by atoms with Crippen molar-refractivity contribution in [3.05, 3.63) is 35.8 Å². The molecule has 256 valence electrons. The number of nitrogens with zero attached hydrogens (tertiary/aromatic N) is 2. The van der Waals surface area contributed by atoms with Crippen molar-refractivity contribution in [2.75, 3.05) is 19.0 Å². The molecule has 2 bridgehead atoms. The molecule has 1 aromatic carbocycles. The SMILES string of the molecule is COC(=O)Nc1ccc2c(c1)C[C@@H](C(=O)OC(C)(C)C)CCCCC(NC(=O)OC(C)(C)C)c1nc-2cn1COCC[Si](C)(C)C. The average Bonchev–Trinajstić information content (AvgIpc) is 3.33. The van der Waals surface area contributed by atoms with Crippen molar-refractivity contribution >= 4 is 31.9 Å². The number of rotatable bonds is 8. The Hall–Kier alpha value is -3.38. The van der Waals surface area contributed by atoms with E-state index in [0.29, 0.717) is 43.1 Å². The first kappa shape index (κ1) is 37.1. The molecule has 1 aromatic heterocycles. The van der Waals surface area contributed by atoms with Crippen LogP contribution in [0.1, 0.15) is 84.7 Å². The van der Waals surface area contributed by atoms with Crippen LogP contribution in [0.5, 0.6) is 0 Å². The van der Waals surface area contributed by atoms with Gasteiger partial charge in [-0.1, -0.05) is 38.5 Å². The van der Waals surface area contributed by atoms with Crippen molar-refractivity contribution in [2.45, 2.75) is 123 Å². The van der Waals surface area contributed by atoms with Crippen molar-refractivity contribution in [1.29, 1.82) is 0 Å². The zero-order chi connectivity index (χ0) is 34.3. The van der Waals surface area contributed by atoms with E-state index in [-0.39, 0.29) is 12.7 Å². The standard InChI is InChI=1S/C34H54N4O7Si/c1-33(2,3)44-30(39)23-13-11-12-14-27(37-32(41)45-34(4,5)6)29-36-28(21-38(29)22-43-17-18-46(8,9)10)26-16-15-25(20-24(26)19-23)35-31(40)42-7/h15-16,20-21,23,27H,11-14,17-19,22H2,1-10H3,(H,35,40)(H,37,41)/t23-,27?/m0/s1. The van der Waals surface area contributed by atoms with Gasteiger partial charge in [0.2, 0.25) is 0 Å². The number of methoxy groups -OCH3 is 1. The van der Waals surface area contributed by atoms with Crippen LogP contribution < -0.4 is 10.6 Å². The van der Waals surface area contributed by atoms with Crippen molar-refractivity contribution in [2.24, 2.45) is 5.92 Å². The lowest BCUT2D eigenvalue weighted by molar-refractivity contribution is -0.160. The number of anilines is 1. The minimum atomic E-state index is -1.30. The average molecular weight is 659 g/mol. The molecule has 1 aliphatic rings. The number of imidazole rings is 1. The second-order valence-corrected chi connectivity index (χ2v) is 20.8. The summed E-state index contributed by atoms with van der Waals surface area (Å²) in [6, 6.07) is 6.09. The summed E-state index contributed by atoms with van der Waals surface area (Å²) in [5, 5.41) is 5.79. The molecule has 1 unspecified atom stereocenters. The van der Waals surface area contributed by atoms with Crippen molar-refractivity contribution < 1.29 is 33.3 Å². The number of carbonyl (C=O) groups is 3. The van der Waals surface area contributed by atoms with Gasteiger partial charge in [-0.15, -0.1) is 0 Å². The minimum Gasteiger partial charge on any atom is -0.460 e. The molecular formula is C34H54N4O7Si. The largest absolute Gasteiger partial charge is 0.460 e. The Morgan fingerprint density at radius 2 is 1.65 bits per heavy atom. The van der Waals surface area contributed by atoms with E-state index >= 15 is 0 Å². The van der Waals surface area contributed by atoms with Crippen molar-refractivity contribution in [3.8, 4) is 11.3 Å². The van der Waals surface area contributed by atoms with Crippen molar-refractivity contribution in [1.82, 2.24) is 14.9 Å². The Labute approximate surface area is 275 Å². The number of alkyl carbamates (subject to hydrolysis) is 1. The number of fused-ring (bicyclic) bond motifs is 4. The smallest absolute Gasteiger partial charge is 0.411 e. The maximum atomic E-state index is 13.5. The quantitative estimate of drug-likeness (QED) is 0.128. The van der Waals surface area contributed by atoms with E-state index in [9.17, 15) is 14.4 Å². The number of nitrogens with one attached hydrogen (secondary N) is 2. The van der Waals surface area contributed by atoms with E-state index < -0.39 is 43.4 Å². The van der Waals surface area contributed by atoms with E-state index in [2.05, 4.69) is 30.3 Å². The fourth-order valence-corrected chi connectivity index (χ4v) is 5.91. The summed E-state index contributed by atoms with van der Waals surface area (Å²) in [4.78, 5) is 43.6. The first-order chi connectivity index (χ1) is 21.3. The summed E-state index contributed by atoms with van der Waals surface area (Å²) in [5.41, 5.74) is 1.55. The predicted octanol–water partition coefficient (Wildman–Crippen LogP) is 7.68. The normalized spacial score (nSPS) is 17.5. The summed E-state index contributed by atoms with van der Waals surface area (Å²) in [7, 11) is 0.0116. The maximum Gasteiger partial charge on any atom is 0.411 e. The number of ether oxygens (including phenoxy) is 4. The highest BCUT2D eigenvalue weighted by molar-refractivity contribution is 6.76. The second kappa shape index (κ2) is 15.5. The molecule has 0 saturated carbocycles. The summed E-state index contributed by atoms with van der Waals surface area (Å²) in [6.07, 6.45) is 3.87. The predicted molar refractivity (Wildman–Crippen MR) is 181 cm³/mol. The highest BCUT2D eigenvalue weighted by Crippen LogP contribution is 2.34. The Bertz CT molecular complexity index is 1350. The molecule has 2 atom stereocenters. The molecule has 12 heteroatoms. The third kappa shape index (κ3) is 12.1. The second-order valence-electron chi connectivity index (χ2n) is 15.2. The van der Waals surface area contributed by atoms with E-state index in [1.54, 1.807) is 6.07 Å². The van der Waals surface area contributed by atoms with Gasteiger partial charge in [0.05, 0.1) is 24.8 Å². The number of carbonyl (C=O) groups excluding carboxylic acids is 3. The third-order valence-electron chi connectivity index (χ3n) is 7.35. The summed E-state index contributed by atoms with van der Waals surface area (Å²) < 4.78 is 24.4. The van der Waals surface area contributed by atoms with Gasteiger partial charge in [-0.3, -0.25) is 10.1 Å². The van der Waals surface area contributed by atoms with Crippen LogP contribution in [0.25, 0.3) is 11.3 Å². The lowest BCUT2D eigenvalue weighted by Crippen LogP contribution is -2.36. The molecular weight excluding hydrogens is 604 g/mol. The fraction of sp³-hybridized carbons (Fsp3) is 0.647. The number of hydrogen-bond acceptors (Lipinski definition) is 8. The summed E-state index contributed by atoms with van der Waals surface area (Å²) in [5.74, 6) is -0.0253. The van der Waals surface area contributed by atoms with Gasteiger partial charge >= 0.3 is 18.2 Å². The monoisotopic (exact) mass is 658 g/mol. The molecule has 0 saturated heterocycles. The topological polar surface area (TPSA) is 130 Å². The number of amides is 2. The van der Waals surface area contributed by atoms with Gasteiger partial charge < -0.3 is 28.8 Å². The lowest BCUT2D eigenvalue weighted by atomic mass is 9.89. The zero-order valence-electron chi connectivity index (χ0n) is 29.4. The van der Waals surface area contributed by atoms with Gasteiger partial charge in [0, 0.05) is 32.1 Å². The third-order valence-corrected chi connectivity index (χ3v) is 9.06. The lowest BCUT2D eigenvalue weighted by Gasteiger charge is -2.26.